The number of benzene rings is 3. The van der Waals surface area contributed by atoms with Crippen molar-refractivity contribution in [3.05, 3.63) is 46.9 Å². The summed E-state index contributed by atoms with van der Waals surface area (Å²) in [5, 5.41) is 3.37. The van der Waals surface area contributed by atoms with Crippen LogP contribution in [0.1, 0.15) is 79.1 Å². The van der Waals surface area contributed by atoms with Crippen LogP contribution in [0.15, 0.2) is 46.9 Å². The molecular formula is C36H49BrO8. The Bertz CT molecular complexity index is 1340. The van der Waals surface area contributed by atoms with E-state index in [-0.39, 0.29) is 38.4 Å². The van der Waals surface area contributed by atoms with Crippen molar-refractivity contribution in [2.75, 3.05) is 39.6 Å². The zero-order valence-electron chi connectivity index (χ0n) is 27.2. The van der Waals surface area contributed by atoms with E-state index in [0.717, 1.165) is 64.5 Å². The summed E-state index contributed by atoms with van der Waals surface area (Å²) in [6.45, 7) is 9.80. The molecule has 0 radical (unpaired) electrons. The van der Waals surface area contributed by atoms with Crippen LogP contribution < -0.4 is 9.47 Å². The molecule has 0 aliphatic rings. The number of carbonyl (C=O) groups excluding carboxylic acids is 2. The summed E-state index contributed by atoms with van der Waals surface area (Å²) in [5.41, 5.74) is 0. The Kier molecular flexibility index (Phi) is 16.5. The average molecular weight is 690 g/mol. The van der Waals surface area contributed by atoms with Gasteiger partial charge in [-0.25, -0.2) is 0 Å². The van der Waals surface area contributed by atoms with Crippen molar-refractivity contribution in [1.82, 2.24) is 0 Å². The Morgan fingerprint density at radius 2 is 1.09 bits per heavy atom. The molecule has 0 spiro atoms. The minimum atomic E-state index is -0.553. The van der Waals surface area contributed by atoms with Gasteiger partial charge in [-0.3, -0.25) is 9.59 Å². The van der Waals surface area contributed by atoms with Crippen LogP contribution in [0, 0.1) is 0 Å². The fraction of sp³-hybridized carbons (Fsp3) is 0.556. The third-order valence-corrected chi connectivity index (χ3v) is 7.79. The zero-order chi connectivity index (χ0) is 32.4. The molecule has 3 aromatic carbocycles. The summed E-state index contributed by atoms with van der Waals surface area (Å²) in [5.74, 6) is 0.834. The predicted molar refractivity (Wildman–Crippen MR) is 181 cm³/mol. The molecule has 45 heavy (non-hydrogen) atoms. The predicted octanol–water partition coefficient (Wildman–Crippen LogP) is 8.57. The summed E-state index contributed by atoms with van der Waals surface area (Å²) in [4.78, 5) is 25.1. The lowest BCUT2D eigenvalue weighted by Gasteiger charge is -2.23. The Balaban J connectivity index is 1.90. The van der Waals surface area contributed by atoms with Crippen LogP contribution in [0.5, 0.6) is 11.5 Å². The number of unbranched alkanes of at least 4 members (excludes halogenated alkanes) is 4. The molecule has 0 amide bonds. The third-order valence-electron chi connectivity index (χ3n) is 7.30. The van der Waals surface area contributed by atoms with Crippen LogP contribution in [0.25, 0.3) is 21.5 Å². The third kappa shape index (κ3) is 11.8. The monoisotopic (exact) mass is 688 g/mol. The van der Waals surface area contributed by atoms with Gasteiger partial charge in [0.1, 0.15) is 24.7 Å². The Labute approximate surface area is 276 Å². The van der Waals surface area contributed by atoms with Crippen molar-refractivity contribution in [3.8, 4) is 11.5 Å². The molecule has 3 rings (SSSR count). The first kappa shape index (κ1) is 36.6. The number of carbonyl (C=O) groups is 2. The van der Waals surface area contributed by atoms with Crippen molar-refractivity contribution in [2.24, 2.45) is 0 Å². The lowest BCUT2D eigenvalue weighted by Crippen LogP contribution is -2.30. The highest BCUT2D eigenvalue weighted by atomic mass is 79.9. The summed E-state index contributed by atoms with van der Waals surface area (Å²) in [6.07, 6.45) is 5.28. The lowest BCUT2D eigenvalue weighted by molar-refractivity contribution is -0.155. The summed E-state index contributed by atoms with van der Waals surface area (Å²) >= 11 is 3.62. The van der Waals surface area contributed by atoms with Crippen LogP contribution in [0.4, 0.5) is 0 Å². The fourth-order valence-corrected chi connectivity index (χ4v) is 5.36. The second-order valence-corrected chi connectivity index (χ2v) is 11.9. The largest absolute Gasteiger partial charge is 0.488 e. The van der Waals surface area contributed by atoms with E-state index >= 15 is 0 Å². The minimum absolute atomic E-state index is 0.135. The van der Waals surface area contributed by atoms with Gasteiger partial charge in [0.25, 0.3) is 0 Å². The smallest absolute Gasteiger partial charge is 0.306 e. The van der Waals surface area contributed by atoms with E-state index in [1.807, 2.05) is 56.3 Å². The number of hydrogen-bond donors (Lipinski definition) is 0. The first-order valence-corrected chi connectivity index (χ1v) is 17.1. The zero-order valence-corrected chi connectivity index (χ0v) is 28.8. The second-order valence-electron chi connectivity index (χ2n) is 11.0. The Morgan fingerprint density at radius 3 is 1.56 bits per heavy atom. The van der Waals surface area contributed by atoms with E-state index in [0.29, 0.717) is 37.6 Å². The summed E-state index contributed by atoms with van der Waals surface area (Å²) in [7, 11) is 0. The Morgan fingerprint density at radius 1 is 0.622 bits per heavy atom. The number of ether oxygens (including phenoxy) is 6. The molecule has 0 aliphatic carbocycles. The second kappa shape index (κ2) is 20.3. The van der Waals surface area contributed by atoms with E-state index < -0.39 is 12.2 Å². The molecule has 0 fully saturated rings. The van der Waals surface area contributed by atoms with Crippen molar-refractivity contribution in [1.29, 1.82) is 0 Å². The highest BCUT2D eigenvalue weighted by molar-refractivity contribution is 9.10. The molecule has 3 aromatic rings. The van der Waals surface area contributed by atoms with Crippen molar-refractivity contribution >= 4 is 49.4 Å². The van der Waals surface area contributed by atoms with Crippen LogP contribution in [0.2, 0.25) is 0 Å². The summed E-state index contributed by atoms with van der Waals surface area (Å²) < 4.78 is 36.6. The molecule has 0 aromatic heterocycles. The molecule has 0 bridgehead atoms. The number of hydrogen-bond acceptors (Lipinski definition) is 8. The summed E-state index contributed by atoms with van der Waals surface area (Å²) in [6, 6.07) is 13.8. The molecule has 0 saturated carbocycles. The van der Waals surface area contributed by atoms with Gasteiger partial charge in [-0.1, -0.05) is 79.7 Å². The van der Waals surface area contributed by atoms with Gasteiger partial charge in [0.15, 0.2) is 12.2 Å². The van der Waals surface area contributed by atoms with E-state index in [4.69, 9.17) is 28.4 Å². The first-order chi connectivity index (χ1) is 21.9. The van der Waals surface area contributed by atoms with Crippen molar-refractivity contribution in [2.45, 2.75) is 91.3 Å². The van der Waals surface area contributed by atoms with E-state index in [9.17, 15) is 9.59 Å². The number of halogens is 1. The molecule has 2 unspecified atom stereocenters. The van der Waals surface area contributed by atoms with Gasteiger partial charge in [0, 0.05) is 52.1 Å². The highest BCUT2D eigenvalue weighted by Gasteiger charge is 2.22. The maximum absolute atomic E-state index is 12.5. The van der Waals surface area contributed by atoms with Gasteiger partial charge in [-0.2, -0.15) is 0 Å². The average Bonchev–Trinajstić information content (AvgIpc) is 3.03. The van der Waals surface area contributed by atoms with E-state index in [1.54, 1.807) is 0 Å². The molecule has 0 aliphatic heterocycles. The van der Waals surface area contributed by atoms with Crippen LogP contribution >= 0.6 is 15.9 Å². The molecule has 0 saturated heterocycles. The van der Waals surface area contributed by atoms with Gasteiger partial charge < -0.3 is 28.4 Å². The molecule has 9 heteroatoms. The van der Waals surface area contributed by atoms with Gasteiger partial charge in [0.2, 0.25) is 0 Å². The number of rotatable bonds is 22. The SMILES string of the molecule is CCCCCC(=O)OC(COCC)COc1c2ccccc2c(OCC(COCC)OC(=O)CCCCC)c2cc(Br)ccc12. The molecule has 248 valence electrons. The minimum Gasteiger partial charge on any atom is -0.488 e. The van der Waals surface area contributed by atoms with Gasteiger partial charge >= 0.3 is 11.9 Å². The standard InChI is InChI=1S/C36H49BrO8/c1-5-9-11-17-33(38)44-27(22-40-7-3)24-42-35-29-15-13-14-16-30(29)36(32-21-26(37)19-20-31(32)35)43-25-28(23-41-8-4)45-34(39)18-12-10-6-2/h13-16,19-21,27-28H,5-12,17-18,22-25H2,1-4H3. The van der Waals surface area contributed by atoms with Crippen LogP contribution in [0.3, 0.4) is 0 Å². The number of fused-ring (bicyclic) bond motifs is 2. The molecule has 8 nitrogen and oxygen atoms in total. The van der Waals surface area contributed by atoms with Gasteiger partial charge in [-0.15, -0.1) is 0 Å². The van der Waals surface area contributed by atoms with E-state index in [1.165, 1.54) is 0 Å². The van der Waals surface area contributed by atoms with Crippen molar-refractivity contribution in [3.63, 3.8) is 0 Å². The van der Waals surface area contributed by atoms with E-state index in [2.05, 4.69) is 29.8 Å². The Hall–Kier alpha value is -2.88. The fourth-order valence-electron chi connectivity index (χ4n) is 4.99. The van der Waals surface area contributed by atoms with Crippen LogP contribution in [-0.2, 0) is 28.5 Å². The first-order valence-electron chi connectivity index (χ1n) is 16.4. The molecular weight excluding hydrogens is 640 g/mol. The van der Waals surface area contributed by atoms with Gasteiger partial charge in [-0.05, 0) is 44.9 Å². The molecule has 2 atom stereocenters. The maximum atomic E-state index is 12.5. The lowest BCUT2D eigenvalue weighted by atomic mass is 10.0. The van der Waals surface area contributed by atoms with Crippen molar-refractivity contribution < 1.29 is 38.0 Å². The topological polar surface area (TPSA) is 89.5 Å². The molecule has 0 N–H and O–H groups in total. The number of esters is 2. The quantitative estimate of drug-likeness (QED) is 0.0589. The highest BCUT2D eigenvalue weighted by Crippen LogP contribution is 2.43. The normalized spacial score (nSPS) is 12.6. The molecule has 0 heterocycles. The van der Waals surface area contributed by atoms with Gasteiger partial charge in [0.05, 0.1) is 13.2 Å². The maximum Gasteiger partial charge on any atom is 0.306 e. The van der Waals surface area contributed by atoms with Crippen LogP contribution in [-0.4, -0.2) is 63.8 Å².